The van der Waals surface area contributed by atoms with E-state index in [9.17, 15) is 31.9 Å². The lowest BCUT2D eigenvalue weighted by Gasteiger charge is -2.09. The molecule has 1 N–H and O–H groups in total. The molecule has 1 aromatic carbocycles. The lowest BCUT2D eigenvalue weighted by molar-refractivity contribution is -0.116. The van der Waals surface area contributed by atoms with Gasteiger partial charge in [-0.05, 0) is 12.1 Å². The topological polar surface area (TPSA) is 113 Å². The van der Waals surface area contributed by atoms with Crippen LogP contribution in [0.4, 0.5) is 22.7 Å². The quantitative estimate of drug-likeness (QED) is 0.380. The molecule has 3 aromatic heterocycles. The Hall–Kier alpha value is -4.01. The summed E-state index contributed by atoms with van der Waals surface area (Å²) in [6, 6.07) is 1.75. The first-order valence-corrected chi connectivity index (χ1v) is 10.7. The van der Waals surface area contributed by atoms with Crippen LogP contribution in [-0.2, 0) is 25.4 Å². The van der Waals surface area contributed by atoms with E-state index in [0.29, 0.717) is 0 Å². The number of anilines is 1. The summed E-state index contributed by atoms with van der Waals surface area (Å²) in [4.78, 5) is 41.1. The summed E-state index contributed by atoms with van der Waals surface area (Å²) in [5.74, 6) is -3.88. The highest BCUT2D eigenvalue weighted by atomic mass is 32.1. The Morgan fingerprint density at radius 2 is 1.86 bits per heavy atom. The van der Waals surface area contributed by atoms with Crippen LogP contribution in [-0.4, -0.2) is 42.8 Å². The van der Waals surface area contributed by atoms with Crippen molar-refractivity contribution in [3.63, 3.8) is 0 Å². The van der Waals surface area contributed by atoms with Gasteiger partial charge in [-0.25, -0.2) is 32.0 Å². The molecule has 0 fully saturated rings. The molecule has 15 heteroatoms. The Kier molecular flexibility index (Phi) is 6.43. The number of hydrogen-bond acceptors (Lipinski definition) is 7. The molecule has 4 rings (SSSR count). The Balaban J connectivity index is 1.52. The van der Waals surface area contributed by atoms with Gasteiger partial charge in [0.25, 0.3) is 12.0 Å². The van der Waals surface area contributed by atoms with Crippen molar-refractivity contribution in [1.29, 1.82) is 0 Å². The number of carbonyl (C=O) groups is 1. The number of nitrogens with one attached hydrogen (secondary N) is 1. The highest BCUT2D eigenvalue weighted by molar-refractivity contribution is 7.14. The maximum atomic E-state index is 14.2. The zero-order chi connectivity index (χ0) is 25.4. The second-order valence-corrected chi connectivity index (χ2v) is 8.16. The largest absolute Gasteiger partial charge is 0.482 e. The number of aryl methyl sites for hydroxylation is 1. The molecule has 0 bridgehead atoms. The Morgan fingerprint density at radius 3 is 2.51 bits per heavy atom. The molecule has 10 nitrogen and oxygen atoms in total. The second kappa shape index (κ2) is 9.32. The molecule has 0 aliphatic rings. The van der Waals surface area contributed by atoms with Crippen molar-refractivity contribution in [3.05, 3.63) is 56.2 Å². The third-order valence-electron chi connectivity index (χ3n) is 4.95. The molecular weight excluding hydrogens is 496 g/mol. The number of aromatic nitrogens is 5. The van der Waals surface area contributed by atoms with Crippen molar-refractivity contribution in [2.75, 3.05) is 11.9 Å². The van der Waals surface area contributed by atoms with Gasteiger partial charge in [0.2, 0.25) is 5.91 Å². The van der Waals surface area contributed by atoms with Gasteiger partial charge in [0, 0.05) is 25.0 Å². The number of nitrogens with zero attached hydrogens (tertiary/aromatic N) is 5. The lowest BCUT2D eigenvalue weighted by atomic mass is 10.1. The number of fused-ring (bicyclic) bond motifs is 1. The number of thiazole rings is 1. The van der Waals surface area contributed by atoms with Crippen LogP contribution in [0.15, 0.2) is 33.3 Å². The average molecular weight is 512 g/mol. The molecule has 0 unspecified atom stereocenters. The summed E-state index contributed by atoms with van der Waals surface area (Å²) < 4.78 is 60.5. The minimum Gasteiger partial charge on any atom is -0.482 e. The third-order valence-corrected chi connectivity index (χ3v) is 5.71. The molecule has 4 aromatic rings. The average Bonchev–Trinajstić information content (AvgIpc) is 3.42. The minimum absolute atomic E-state index is 0.00336. The summed E-state index contributed by atoms with van der Waals surface area (Å²) in [5, 5.41) is 8.04. The molecule has 0 radical (unpaired) electrons. The number of halogens is 4. The third kappa shape index (κ3) is 4.66. The van der Waals surface area contributed by atoms with Gasteiger partial charge >= 0.3 is 5.69 Å². The Morgan fingerprint density at radius 1 is 1.17 bits per heavy atom. The van der Waals surface area contributed by atoms with Crippen LogP contribution in [0.2, 0.25) is 0 Å². The number of hydrogen-bond donors (Lipinski definition) is 1. The maximum Gasteiger partial charge on any atom is 0.331 e. The zero-order valence-corrected chi connectivity index (χ0v) is 18.9. The standard InChI is InChI=1S/C20H16F4N6O4S/c1-28-13-5-25-30(16(13)18(32)29(2)20(28)33)6-15(31)27-19-26-12(8-35-19)9-3-10(21)17(11(22)4-9)34-7-14(23)24/h3-5,8,14H,6-7H2,1-2H3,(H,26,27,31). The van der Waals surface area contributed by atoms with Gasteiger partial charge in [0.05, 0.1) is 17.4 Å². The first-order valence-electron chi connectivity index (χ1n) is 9.84. The fraction of sp³-hybridized carbons (Fsp3) is 0.250. The molecule has 0 aliphatic carbocycles. The van der Waals surface area contributed by atoms with Crippen LogP contribution >= 0.6 is 11.3 Å². The van der Waals surface area contributed by atoms with E-state index in [1.807, 2.05) is 0 Å². The van der Waals surface area contributed by atoms with Gasteiger partial charge in [-0.3, -0.25) is 18.7 Å². The normalized spacial score (nSPS) is 11.4. The van der Waals surface area contributed by atoms with Crippen molar-refractivity contribution in [2.24, 2.45) is 14.1 Å². The van der Waals surface area contributed by atoms with Crippen molar-refractivity contribution in [2.45, 2.75) is 13.0 Å². The van der Waals surface area contributed by atoms with Crippen molar-refractivity contribution < 1.29 is 27.1 Å². The van der Waals surface area contributed by atoms with E-state index in [1.54, 1.807) is 0 Å². The van der Waals surface area contributed by atoms with Crippen LogP contribution in [0.25, 0.3) is 22.3 Å². The predicted molar refractivity (Wildman–Crippen MR) is 118 cm³/mol. The van der Waals surface area contributed by atoms with E-state index < -0.39 is 47.6 Å². The molecule has 0 atom stereocenters. The highest BCUT2D eigenvalue weighted by Crippen LogP contribution is 2.31. The summed E-state index contributed by atoms with van der Waals surface area (Å²) in [6.07, 6.45) is -1.60. The molecule has 0 aliphatic heterocycles. The Bertz CT molecular complexity index is 1530. The zero-order valence-electron chi connectivity index (χ0n) is 18.1. The number of ether oxygens (including phenoxy) is 1. The van der Waals surface area contributed by atoms with Gasteiger partial charge in [0.15, 0.2) is 28.0 Å². The second-order valence-electron chi connectivity index (χ2n) is 7.30. The minimum atomic E-state index is -2.90. The predicted octanol–water partition coefficient (Wildman–Crippen LogP) is 2.12. The van der Waals surface area contributed by atoms with E-state index >= 15 is 0 Å². The summed E-state index contributed by atoms with van der Waals surface area (Å²) in [5.41, 5.74) is -0.712. The summed E-state index contributed by atoms with van der Waals surface area (Å²) in [6.45, 7) is -1.53. The van der Waals surface area contributed by atoms with Crippen molar-refractivity contribution >= 4 is 33.4 Å². The number of carbonyl (C=O) groups excluding carboxylic acids is 1. The summed E-state index contributed by atoms with van der Waals surface area (Å²) in [7, 11) is 2.78. The monoisotopic (exact) mass is 512 g/mol. The van der Waals surface area contributed by atoms with Crippen LogP contribution in [0.1, 0.15) is 0 Å². The van der Waals surface area contributed by atoms with Crippen LogP contribution < -0.4 is 21.3 Å². The number of benzene rings is 1. The van der Waals surface area contributed by atoms with Gasteiger partial charge in [-0.1, -0.05) is 0 Å². The molecule has 3 heterocycles. The van der Waals surface area contributed by atoms with Crippen LogP contribution in [0.3, 0.4) is 0 Å². The molecular formula is C20H16F4N6O4S. The Labute approximate surface area is 197 Å². The van der Waals surface area contributed by atoms with Crippen molar-refractivity contribution in [3.8, 4) is 17.0 Å². The number of amides is 1. The smallest absolute Gasteiger partial charge is 0.331 e. The summed E-state index contributed by atoms with van der Waals surface area (Å²) >= 11 is 0.970. The van der Waals surface area contributed by atoms with Gasteiger partial charge in [0.1, 0.15) is 13.2 Å². The van der Waals surface area contributed by atoms with E-state index in [1.165, 1.54) is 30.2 Å². The molecule has 184 valence electrons. The van der Waals surface area contributed by atoms with Gasteiger partial charge in [-0.15, -0.1) is 11.3 Å². The van der Waals surface area contributed by atoms with E-state index in [2.05, 4.69) is 20.1 Å². The highest BCUT2D eigenvalue weighted by Gasteiger charge is 2.19. The fourth-order valence-electron chi connectivity index (χ4n) is 3.29. The van der Waals surface area contributed by atoms with Gasteiger partial charge in [-0.2, -0.15) is 5.10 Å². The molecule has 1 amide bonds. The van der Waals surface area contributed by atoms with E-state index in [0.717, 1.165) is 32.7 Å². The number of alkyl halides is 2. The fourth-order valence-corrected chi connectivity index (χ4v) is 4.02. The van der Waals surface area contributed by atoms with E-state index in [-0.39, 0.29) is 34.0 Å². The van der Waals surface area contributed by atoms with Gasteiger partial charge < -0.3 is 10.1 Å². The van der Waals surface area contributed by atoms with Crippen molar-refractivity contribution in [1.82, 2.24) is 23.9 Å². The lowest BCUT2D eigenvalue weighted by Crippen LogP contribution is -2.37. The molecule has 0 saturated carbocycles. The van der Waals surface area contributed by atoms with E-state index in [4.69, 9.17) is 0 Å². The first-order chi connectivity index (χ1) is 16.6. The maximum absolute atomic E-state index is 14.2. The molecule has 0 saturated heterocycles. The van der Waals surface area contributed by atoms with Crippen LogP contribution in [0, 0.1) is 11.6 Å². The first kappa shape index (κ1) is 24.1. The van der Waals surface area contributed by atoms with Crippen LogP contribution in [0.5, 0.6) is 5.75 Å². The molecule has 0 spiro atoms. The SMILES string of the molecule is Cn1c(=O)c2c(cnn2CC(=O)Nc2nc(-c3cc(F)c(OCC(F)F)c(F)c3)cs2)n(C)c1=O. The number of rotatable bonds is 7. The molecule has 35 heavy (non-hydrogen) atoms.